The summed E-state index contributed by atoms with van der Waals surface area (Å²) < 4.78 is 5.54. The van der Waals surface area contributed by atoms with Crippen LogP contribution in [0.2, 0.25) is 0 Å². The van der Waals surface area contributed by atoms with Crippen LogP contribution >= 0.6 is 0 Å². The summed E-state index contributed by atoms with van der Waals surface area (Å²) in [4.78, 5) is 19.6. The molecule has 2 aromatic carbocycles. The first kappa shape index (κ1) is 25.1. The SMILES string of the molecule is C=C1C(CN(C)CCCNC(=O)c2ccc(-c3cnc4n[nH]c(-c5ccccc5OC)c4c3)cc2)CC12C=C2. The summed E-state index contributed by atoms with van der Waals surface area (Å²) in [6, 6.07) is 17.5. The van der Waals surface area contributed by atoms with Gasteiger partial charge in [0.15, 0.2) is 5.65 Å². The minimum Gasteiger partial charge on any atom is -0.496 e. The number of amides is 1. The fraction of sp³-hybridized carbons (Fsp3) is 0.281. The Morgan fingerprint density at radius 1 is 1.18 bits per heavy atom. The quantitative estimate of drug-likeness (QED) is 0.214. The second-order valence-corrected chi connectivity index (χ2v) is 10.6. The standard InChI is InChI=1S/C32H33N5O2/c1-21-25(18-32(21)13-14-32)20-37(2)16-6-15-33-31(38)23-11-9-22(10-12-23)24-17-27-29(35-36-30(27)34-19-24)26-7-4-5-8-28(26)39-3/h4-5,7-14,17,19,25H,1,6,15-16,18,20H2,2-3H3,(H,33,38)(H,34,35,36). The molecule has 7 nitrogen and oxygen atoms in total. The zero-order chi connectivity index (χ0) is 27.0. The lowest BCUT2D eigenvalue weighted by atomic mass is 9.66. The molecule has 39 heavy (non-hydrogen) atoms. The number of nitrogens with zero attached hydrogens (tertiary/aromatic N) is 3. The second-order valence-electron chi connectivity index (χ2n) is 10.6. The Hall–Kier alpha value is -4.23. The molecule has 2 aliphatic rings. The van der Waals surface area contributed by atoms with Crippen molar-refractivity contribution in [1.29, 1.82) is 0 Å². The summed E-state index contributed by atoms with van der Waals surface area (Å²) in [5, 5.41) is 11.4. The number of hydrogen-bond acceptors (Lipinski definition) is 5. The Bertz CT molecular complexity index is 1560. The number of aromatic nitrogens is 3. The van der Waals surface area contributed by atoms with Gasteiger partial charge in [-0.2, -0.15) is 5.10 Å². The van der Waals surface area contributed by atoms with Gasteiger partial charge in [0, 0.05) is 46.8 Å². The number of methoxy groups -OCH3 is 1. The molecule has 2 aromatic heterocycles. The van der Waals surface area contributed by atoms with Gasteiger partial charge >= 0.3 is 0 Å². The van der Waals surface area contributed by atoms with Crippen molar-refractivity contribution in [3.63, 3.8) is 0 Å². The molecule has 0 bridgehead atoms. The number of benzene rings is 2. The first-order chi connectivity index (χ1) is 19.0. The van der Waals surface area contributed by atoms with Gasteiger partial charge in [0.1, 0.15) is 5.75 Å². The highest BCUT2D eigenvalue weighted by atomic mass is 16.5. The molecule has 0 radical (unpaired) electrons. The van der Waals surface area contributed by atoms with Crippen LogP contribution in [0, 0.1) is 11.3 Å². The number of nitrogens with one attached hydrogen (secondary N) is 2. The molecule has 6 rings (SSSR count). The van der Waals surface area contributed by atoms with Crippen LogP contribution in [0.5, 0.6) is 5.75 Å². The number of carbonyl (C=O) groups is 1. The van der Waals surface area contributed by atoms with Crippen molar-refractivity contribution < 1.29 is 9.53 Å². The minimum atomic E-state index is -0.0554. The topological polar surface area (TPSA) is 83.1 Å². The Morgan fingerprint density at radius 2 is 1.97 bits per heavy atom. The maximum absolute atomic E-state index is 12.7. The van der Waals surface area contributed by atoms with Crippen LogP contribution in [0.1, 0.15) is 23.2 Å². The van der Waals surface area contributed by atoms with Gasteiger partial charge in [-0.3, -0.25) is 9.89 Å². The van der Waals surface area contributed by atoms with Crippen molar-refractivity contribution >= 4 is 16.9 Å². The average molecular weight is 520 g/mol. The largest absolute Gasteiger partial charge is 0.496 e. The van der Waals surface area contributed by atoms with Crippen molar-refractivity contribution in [1.82, 2.24) is 25.4 Å². The smallest absolute Gasteiger partial charge is 0.251 e. The Balaban J connectivity index is 1.05. The lowest BCUT2D eigenvalue weighted by Gasteiger charge is -2.41. The molecule has 2 aliphatic carbocycles. The maximum atomic E-state index is 12.7. The molecule has 1 amide bonds. The third kappa shape index (κ3) is 4.86. The van der Waals surface area contributed by atoms with Crippen LogP contribution in [0.25, 0.3) is 33.4 Å². The fourth-order valence-electron chi connectivity index (χ4n) is 5.59. The summed E-state index contributed by atoms with van der Waals surface area (Å²) in [7, 11) is 3.81. The summed E-state index contributed by atoms with van der Waals surface area (Å²) in [6.45, 7) is 6.90. The third-order valence-electron chi connectivity index (χ3n) is 8.04. The van der Waals surface area contributed by atoms with Crippen molar-refractivity contribution in [2.45, 2.75) is 12.8 Å². The molecular weight excluding hydrogens is 486 g/mol. The van der Waals surface area contributed by atoms with Crippen LogP contribution in [0.15, 0.2) is 85.1 Å². The fourth-order valence-corrected chi connectivity index (χ4v) is 5.59. The van der Waals surface area contributed by atoms with Crippen LogP contribution < -0.4 is 10.1 Å². The van der Waals surface area contributed by atoms with Gasteiger partial charge in [-0.1, -0.05) is 48.6 Å². The van der Waals surface area contributed by atoms with Gasteiger partial charge in [-0.05, 0) is 68.2 Å². The van der Waals surface area contributed by atoms with Crippen molar-refractivity contribution in [2.75, 3.05) is 33.8 Å². The molecule has 198 valence electrons. The summed E-state index contributed by atoms with van der Waals surface area (Å²) in [5.74, 6) is 1.30. The van der Waals surface area contributed by atoms with E-state index in [4.69, 9.17) is 4.74 Å². The molecular formula is C32H33N5O2. The molecule has 7 heteroatoms. The number of H-pyrrole nitrogens is 1. The number of aromatic amines is 1. The first-order valence-electron chi connectivity index (χ1n) is 13.4. The molecule has 0 saturated heterocycles. The van der Waals surface area contributed by atoms with Gasteiger partial charge in [0.2, 0.25) is 0 Å². The van der Waals surface area contributed by atoms with E-state index in [0.29, 0.717) is 23.7 Å². The van der Waals surface area contributed by atoms with Crippen molar-refractivity contribution in [3.8, 4) is 28.1 Å². The zero-order valence-corrected chi connectivity index (χ0v) is 22.4. The molecule has 2 N–H and O–H groups in total. The first-order valence-corrected chi connectivity index (χ1v) is 13.4. The van der Waals surface area contributed by atoms with E-state index in [1.807, 2.05) is 48.5 Å². The van der Waals surface area contributed by atoms with E-state index in [1.165, 1.54) is 12.0 Å². The van der Waals surface area contributed by atoms with Gasteiger partial charge in [0.25, 0.3) is 5.91 Å². The van der Waals surface area contributed by atoms with E-state index in [2.05, 4.69) is 57.2 Å². The van der Waals surface area contributed by atoms with Crippen LogP contribution in [-0.2, 0) is 0 Å². The molecule has 1 fully saturated rings. The molecule has 1 saturated carbocycles. The van der Waals surface area contributed by atoms with Crippen LogP contribution in [0.3, 0.4) is 0 Å². The highest BCUT2D eigenvalue weighted by Gasteiger charge is 2.50. The van der Waals surface area contributed by atoms with E-state index in [1.54, 1.807) is 13.3 Å². The van der Waals surface area contributed by atoms with E-state index in [0.717, 1.165) is 53.0 Å². The van der Waals surface area contributed by atoms with E-state index in [-0.39, 0.29) is 11.3 Å². The van der Waals surface area contributed by atoms with E-state index in [9.17, 15) is 4.79 Å². The second kappa shape index (κ2) is 10.2. The minimum absolute atomic E-state index is 0.0554. The molecule has 4 aromatic rings. The number of fused-ring (bicyclic) bond motifs is 1. The third-order valence-corrected chi connectivity index (χ3v) is 8.04. The Morgan fingerprint density at radius 3 is 2.72 bits per heavy atom. The van der Waals surface area contributed by atoms with Crippen molar-refractivity contribution in [2.24, 2.45) is 11.3 Å². The average Bonchev–Trinajstić information content (AvgIpc) is 3.68. The van der Waals surface area contributed by atoms with Gasteiger partial charge in [-0.15, -0.1) is 0 Å². The predicted molar refractivity (Wildman–Crippen MR) is 155 cm³/mol. The molecule has 1 unspecified atom stereocenters. The number of rotatable bonds is 10. The predicted octanol–water partition coefficient (Wildman–Crippen LogP) is 5.48. The molecule has 1 spiro atoms. The Kier molecular flexibility index (Phi) is 6.53. The molecule has 2 heterocycles. The van der Waals surface area contributed by atoms with E-state index < -0.39 is 0 Å². The number of carbonyl (C=O) groups excluding carboxylic acids is 1. The molecule has 1 atom stereocenters. The van der Waals surface area contributed by atoms with Crippen molar-refractivity contribution in [3.05, 3.63) is 90.7 Å². The number of ether oxygens (including phenoxy) is 1. The molecule has 0 aliphatic heterocycles. The highest BCUT2D eigenvalue weighted by molar-refractivity contribution is 5.96. The number of para-hydroxylation sites is 1. The highest BCUT2D eigenvalue weighted by Crippen LogP contribution is 2.59. The van der Waals surface area contributed by atoms with Gasteiger partial charge in [0.05, 0.1) is 12.8 Å². The lowest BCUT2D eigenvalue weighted by Crippen LogP contribution is -2.39. The number of allylic oxidation sites excluding steroid dienone is 2. The monoisotopic (exact) mass is 519 g/mol. The lowest BCUT2D eigenvalue weighted by molar-refractivity contribution is 0.0951. The normalized spacial score (nSPS) is 17.0. The van der Waals surface area contributed by atoms with E-state index >= 15 is 0 Å². The van der Waals surface area contributed by atoms with Gasteiger partial charge in [-0.25, -0.2) is 4.98 Å². The Labute approximate surface area is 228 Å². The van der Waals surface area contributed by atoms with Crippen LogP contribution in [0.4, 0.5) is 0 Å². The number of pyridine rings is 1. The summed E-state index contributed by atoms with van der Waals surface area (Å²) >= 11 is 0. The summed E-state index contributed by atoms with van der Waals surface area (Å²) in [5.41, 5.74) is 6.66. The summed E-state index contributed by atoms with van der Waals surface area (Å²) in [6.07, 6.45) is 8.46. The maximum Gasteiger partial charge on any atom is 0.251 e. The van der Waals surface area contributed by atoms with Gasteiger partial charge < -0.3 is 15.0 Å². The number of hydrogen-bond donors (Lipinski definition) is 2. The zero-order valence-electron chi connectivity index (χ0n) is 22.4. The van der Waals surface area contributed by atoms with Crippen LogP contribution in [-0.4, -0.2) is 59.8 Å².